The maximum atomic E-state index is 11.3. The Balaban J connectivity index is 2.01. The molecule has 0 aliphatic carbocycles. The molecule has 0 aliphatic rings. The highest BCUT2D eigenvalue weighted by Crippen LogP contribution is 2.14. The lowest BCUT2D eigenvalue weighted by atomic mass is 10.1. The monoisotopic (exact) mass is 332 g/mol. The summed E-state index contributed by atoms with van der Waals surface area (Å²) in [5, 5.41) is 0. The first kappa shape index (κ1) is 20.3. The van der Waals surface area contributed by atoms with E-state index in [4.69, 9.17) is 9.15 Å². The summed E-state index contributed by atoms with van der Waals surface area (Å²) in [6, 6.07) is 3.18. The van der Waals surface area contributed by atoms with Crippen molar-refractivity contribution >= 4 is 0 Å². The van der Waals surface area contributed by atoms with Crippen LogP contribution < -0.4 is 10.4 Å². The highest BCUT2D eigenvalue weighted by atomic mass is 16.5. The third-order valence-corrected chi connectivity index (χ3v) is 3.91. The average Bonchev–Trinajstić information content (AvgIpc) is 2.58. The largest absolute Gasteiger partial charge is 0.496 e. The van der Waals surface area contributed by atoms with E-state index in [1.807, 2.05) is 6.07 Å². The molecular weight excluding hydrogens is 300 g/mol. The third-order valence-electron chi connectivity index (χ3n) is 3.91. The topological polar surface area (TPSA) is 39.4 Å². The molecule has 0 unspecified atom stereocenters. The summed E-state index contributed by atoms with van der Waals surface area (Å²) >= 11 is 0. The molecule has 0 aromatic carbocycles. The molecule has 0 bridgehead atoms. The van der Waals surface area contributed by atoms with E-state index in [0.29, 0.717) is 5.75 Å². The number of allylic oxidation sites excluding steroid dienone is 4. The molecule has 0 saturated carbocycles. The predicted octanol–water partition coefficient (Wildman–Crippen LogP) is 5.83. The number of ether oxygens (including phenoxy) is 1. The van der Waals surface area contributed by atoms with Gasteiger partial charge in [0.15, 0.2) is 0 Å². The summed E-state index contributed by atoms with van der Waals surface area (Å²) in [6.45, 7) is 2.20. The molecule has 0 fully saturated rings. The van der Waals surface area contributed by atoms with Crippen LogP contribution in [0.25, 0.3) is 0 Å². The fraction of sp³-hybridized carbons (Fsp3) is 0.571. The molecule has 1 aromatic heterocycles. The van der Waals surface area contributed by atoms with E-state index in [0.717, 1.165) is 18.6 Å². The Bertz CT molecular complexity index is 540. The van der Waals surface area contributed by atoms with Crippen LogP contribution >= 0.6 is 0 Å². The number of methoxy groups -OCH3 is 1. The lowest BCUT2D eigenvalue weighted by Crippen LogP contribution is -2.01. The van der Waals surface area contributed by atoms with Crippen molar-refractivity contribution in [1.29, 1.82) is 0 Å². The van der Waals surface area contributed by atoms with E-state index in [1.165, 1.54) is 57.4 Å². The molecule has 1 aromatic rings. The van der Waals surface area contributed by atoms with Gasteiger partial charge in [-0.05, 0) is 25.7 Å². The zero-order valence-electron chi connectivity index (χ0n) is 15.3. The number of rotatable bonds is 13. The van der Waals surface area contributed by atoms with Gasteiger partial charge in [-0.1, -0.05) is 63.3 Å². The van der Waals surface area contributed by atoms with E-state index in [1.54, 1.807) is 7.11 Å². The van der Waals surface area contributed by atoms with Gasteiger partial charge in [-0.15, -0.1) is 0 Å². The Morgan fingerprint density at radius 3 is 2.33 bits per heavy atom. The zero-order valence-corrected chi connectivity index (χ0v) is 15.3. The lowest BCUT2D eigenvalue weighted by Gasteiger charge is -2.03. The van der Waals surface area contributed by atoms with E-state index in [2.05, 4.69) is 31.2 Å². The maximum absolute atomic E-state index is 11.3. The van der Waals surface area contributed by atoms with Crippen molar-refractivity contribution in [2.45, 2.75) is 71.1 Å². The van der Waals surface area contributed by atoms with Crippen molar-refractivity contribution in [2.75, 3.05) is 7.11 Å². The SMILES string of the molecule is CCCC=CC=CCCCCCCCCc1cc(OC)cc(=O)o1. The smallest absolute Gasteiger partial charge is 0.339 e. The summed E-state index contributed by atoms with van der Waals surface area (Å²) in [5.41, 5.74) is -0.332. The minimum Gasteiger partial charge on any atom is -0.496 e. The van der Waals surface area contributed by atoms with E-state index in [-0.39, 0.29) is 5.63 Å². The number of aryl methyl sites for hydroxylation is 1. The first-order chi connectivity index (χ1) is 11.8. The number of hydrogen-bond acceptors (Lipinski definition) is 3. The summed E-state index contributed by atoms with van der Waals surface area (Å²) in [6.07, 6.45) is 20.5. The van der Waals surface area contributed by atoms with Gasteiger partial charge in [0, 0.05) is 12.5 Å². The average molecular weight is 332 g/mol. The molecule has 1 rings (SSSR count). The maximum Gasteiger partial charge on any atom is 0.339 e. The Morgan fingerprint density at radius 1 is 0.958 bits per heavy atom. The van der Waals surface area contributed by atoms with Crippen LogP contribution in [0.5, 0.6) is 5.75 Å². The minimum absolute atomic E-state index is 0.332. The van der Waals surface area contributed by atoms with Crippen molar-refractivity contribution in [3.8, 4) is 5.75 Å². The molecule has 24 heavy (non-hydrogen) atoms. The predicted molar refractivity (Wildman–Crippen MR) is 101 cm³/mol. The number of unbranched alkanes of at least 4 members (excludes halogenated alkanes) is 7. The van der Waals surface area contributed by atoms with Crippen LogP contribution in [0.3, 0.4) is 0 Å². The molecule has 0 amide bonds. The van der Waals surface area contributed by atoms with Crippen molar-refractivity contribution in [1.82, 2.24) is 0 Å². The Labute approximate surface area is 146 Å². The molecular formula is C21H32O3. The molecule has 134 valence electrons. The summed E-state index contributed by atoms with van der Waals surface area (Å²) in [4.78, 5) is 11.3. The number of hydrogen-bond donors (Lipinski definition) is 0. The fourth-order valence-corrected chi connectivity index (χ4v) is 2.53. The Morgan fingerprint density at radius 2 is 1.62 bits per heavy atom. The van der Waals surface area contributed by atoms with E-state index >= 15 is 0 Å². The highest BCUT2D eigenvalue weighted by molar-refractivity contribution is 5.20. The normalized spacial score (nSPS) is 11.6. The van der Waals surface area contributed by atoms with Crippen LogP contribution in [0.15, 0.2) is 45.6 Å². The van der Waals surface area contributed by atoms with Crippen molar-refractivity contribution in [2.24, 2.45) is 0 Å². The molecule has 3 heteroatoms. The highest BCUT2D eigenvalue weighted by Gasteiger charge is 2.02. The third kappa shape index (κ3) is 10.1. The zero-order chi connectivity index (χ0) is 17.5. The van der Waals surface area contributed by atoms with Gasteiger partial charge in [-0.3, -0.25) is 0 Å². The van der Waals surface area contributed by atoms with Gasteiger partial charge in [0.1, 0.15) is 11.5 Å². The molecule has 0 N–H and O–H groups in total. The fourth-order valence-electron chi connectivity index (χ4n) is 2.53. The van der Waals surface area contributed by atoms with Gasteiger partial charge in [-0.25, -0.2) is 4.79 Å². The van der Waals surface area contributed by atoms with Crippen molar-refractivity contribution < 1.29 is 9.15 Å². The van der Waals surface area contributed by atoms with Crippen LogP contribution in [-0.2, 0) is 6.42 Å². The first-order valence-corrected chi connectivity index (χ1v) is 9.26. The van der Waals surface area contributed by atoms with Gasteiger partial charge in [0.05, 0.1) is 13.2 Å². The van der Waals surface area contributed by atoms with Crippen molar-refractivity contribution in [3.05, 3.63) is 52.6 Å². The van der Waals surface area contributed by atoms with Crippen LogP contribution in [0, 0.1) is 0 Å². The van der Waals surface area contributed by atoms with Gasteiger partial charge >= 0.3 is 5.63 Å². The van der Waals surface area contributed by atoms with Crippen molar-refractivity contribution in [3.63, 3.8) is 0 Å². The second-order valence-electron chi connectivity index (χ2n) is 6.09. The van der Waals surface area contributed by atoms with Crippen LogP contribution in [-0.4, -0.2) is 7.11 Å². The minimum atomic E-state index is -0.332. The molecule has 0 saturated heterocycles. The second-order valence-corrected chi connectivity index (χ2v) is 6.09. The molecule has 0 radical (unpaired) electrons. The molecule has 0 spiro atoms. The van der Waals surface area contributed by atoms with E-state index in [9.17, 15) is 4.79 Å². The standard InChI is InChI=1S/C21H32O3/c1-3-4-5-6-7-8-9-10-11-12-13-14-15-16-19-17-20(23-2)18-21(22)24-19/h5-8,17-18H,3-4,9-16H2,1-2H3. The summed E-state index contributed by atoms with van der Waals surface area (Å²) in [7, 11) is 1.56. The van der Waals surface area contributed by atoms with Crippen LogP contribution in [0.1, 0.15) is 70.5 Å². The van der Waals surface area contributed by atoms with E-state index < -0.39 is 0 Å². The van der Waals surface area contributed by atoms with Crippen LogP contribution in [0.2, 0.25) is 0 Å². The Kier molecular flexibility index (Phi) is 11.5. The molecule has 1 heterocycles. The first-order valence-electron chi connectivity index (χ1n) is 9.26. The van der Waals surface area contributed by atoms with Gasteiger partial charge in [-0.2, -0.15) is 0 Å². The summed E-state index contributed by atoms with van der Waals surface area (Å²) in [5.74, 6) is 1.31. The second kappa shape index (κ2) is 13.6. The Hall–Kier alpha value is -1.77. The van der Waals surface area contributed by atoms with Crippen LogP contribution in [0.4, 0.5) is 0 Å². The van der Waals surface area contributed by atoms with Gasteiger partial charge in [0.25, 0.3) is 0 Å². The summed E-state index contributed by atoms with van der Waals surface area (Å²) < 4.78 is 10.3. The quantitative estimate of drug-likeness (QED) is 0.337. The van der Waals surface area contributed by atoms with Gasteiger partial charge in [0.2, 0.25) is 0 Å². The molecule has 0 aliphatic heterocycles. The molecule has 3 nitrogen and oxygen atoms in total. The molecule has 0 atom stereocenters. The lowest BCUT2D eigenvalue weighted by molar-refractivity contribution is 0.390. The van der Waals surface area contributed by atoms with Gasteiger partial charge < -0.3 is 9.15 Å².